The van der Waals surface area contributed by atoms with Crippen LogP contribution in [-0.2, 0) is 0 Å². The van der Waals surface area contributed by atoms with Gasteiger partial charge in [-0.1, -0.05) is 52.0 Å². The minimum Gasteiger partial charge on any atom is -0.241 e. The third-order valence-electron chi connectivity index (χ3n) is 2.89. The Labute approximate surface area is 108 Å². The van der Waals surface area contributed by atoms with Crippen molar-refractivity contribution in [3.05, 3.63) is 40.2 Å². The van der Waals surface area contributed by atoms with Crippen LogP contribution in [-0.4, -0.2) is 4.98 Å². The van der Waals surface area contributed by atoms with Crippen molar-refractivity contribution in [1.82, 2.24) is 4.98 Å². The highest BCUT2D eigenvalue weighted by molar-refractivity contribution is 7.10. The molecular formula is C15H19NS. The molecule has 1 aromatic carbocycles. The van der Waals surface area contributed by atoms with Gasteiger partial charge in [-0.15, -0.1) is 11.3 Å². The van der Waals surface area contributed by atoms with E-state index in [-0.39, 0.29) is 0 Å². The van der Waals surface area contributed by atoms with Gasteiger partial charge in [-0.05, 0) is 11.5 Å². The maximum Gasteiger partial charge on any atom is 0.0958 e. The lowest BCUT2D eigenvalue weighted by Gasteiger charge is -2.05. The van der Waals surface area contributed by atoms with Crippen LogP contribution in [0.1, 0.15) is 50.1 Å². The molecule has 0 fully saturated rings. The van der Waals surface area contributed by atoms with E-state index in [4.69, 9.17) is 0 Å². The van der Waals surface area contributed by atoms with E-state index in [0.717, 1.165) is 5.69 Å². The number of nitrogens with zero attached hydrogens (tertiary/aromatic N) is 1. The highest BCUT2D eigenvalue weighted by Gasteiger charge is 2.07. The Bertz CT molecular complexity index is 480. The van der Waals surface area contributed by atoms with E-state index in [0.29, 0.717) is 11.8 Å². The first-order valence-corrected chi connectivity index (χ1v) is 7.01. The molecule has 90 valence electrons. The van der Waals surface area contributed by atoms with Gasteiger partial charge < -0.3 is 0 Å². The van der Waals surface area contributed by atoms with Crippen molar-refractivity contribution >= 4 is 11.3 Å². The molecule has 2 rings (SSSR count). The van der Waals surface area contributed by atoms with Gasteiger partial charge in [0.1, 0.15) is 0 Å². The average molecular weight is 245 g/mol. The summed E-state index contributed by atoms with van der Waals surface area (Å²) in [4.78, 5) is 4.67. The minimum absolute atomic E-state index is 0.517. The van der Waals surface area contributed by atoms with Gasteiger partial charge in [0, 0.05) is 16.9 Å². The maximum atomic E-state index is 4.67. The van der Waals surface area contributed by atoms with E-state index in [1.807, 2.05) is 0 Å². The molecule has 2 heteroatoms. The van der Waals surface area contributed by atoms with Crippen molar-refractivity contribution in [2.24, 2.45) is 0 Å². The monoisotopic (exact) mass is 245 g/mol. The summed E-state index contributed by atoms with van der Waals surface area (Å²) in [7, 11) is 0. The van der Waals surface area contributed by atoms with E-state index in [2.05, 4.69) is 62.3 Å². The molecule has 0 saturated carbocycles. The molecule has 0 saturated heterocycles. The normalized spacial score (nSPS) is 11.4. The summed E-state index contributed by atoms with van der Waals surface area (Å²) in [5, 5.41) is 3.37. The topological polar surface area (TPSA) is 12.9 Å². The van der Waals surface area contributed by atoms with Crippen LogP contribution in [0.15, 0.2) is 29.6 Å². The SMILES string of the molecule is CC(C)c1ccc(-c2csc(C(C)C)n2)cc1. The van der Waals surface area contributed by atoms with Gasteiger partial charge in [-0.2, -0.15) is 0 Å². The van der Waals surface area contributed by atoms with Gasteiger partial charge >= 0.3 is 0 Å². The Morgan fingerprint density at radius 1 is 0.941 bits per heavy atom. The number of thiazole rings is 1. The molecule has 1 aromatic heterocycles. The van der Waals surface area contributed by atoms with Gasteiger partial charge in [0.15, 0.2) is 0 Å². The Morgan fingerprint density at radius 2 is 1.59 bits per heavy atom. The van der Waals surface area contributed by atoms with E-state index in [9.17, 15) is 0 Å². The van der Waals surface area contributed by atoms with Gasteiger partial charge in [-0.3, -0.25) is 0 Å². The van der Waals surface area contributed by atoms with E-state index in [1.165, 1.54) is 16.1 Å². The van der Waals surface area contributed by atoms with Gasteiger partial charge in [0.05, 0.1) is 10.7 Å². The zero-order valence-corrected chi connectivity index (χ0v) is 11.7. The first kappa shape index (κ1) is 12.3. The van der Waals surface area contributed by atoms with Crippen LogP contribution in [0.2, 0.25) is 0 Å². The highest BCUT2D eigenvalue weighted by Crippen LogP contribution is 2.27. The summed E-state index contributed by atoms with van der Waals surface area (Å²) in [6.07, 6.45) is 0. The van der Waals surface area contributed by atoms with Crippen LogP contribution < -0.4 is 0 Å². The first-order valence-electron chi connectivity index (χ1n) is 6.13. The molecule has 0 bridgehead atoms. The molecule has 0 spiro atoms. The van der Waals surface area contributed by atoms with Crippen LogP contribution in [0, 0.1) is 0 Å². The molecule has 0 amide bonds. The predicted octanol–water partition coefficient (Wildman–Crippen LogP) is 5.06. The van der Waals surface area contributed by atoms with Crippen molar-refractivity contribution < 1.29 is 0 Å². The average Bonchev–Trinajstić information content (AvgIpc) is 2.78. The van der Waals surface area contributed by atoms with Crippen LogP contribution in [0.3, 0.4) is 0 Å². The Morgan fingerprint density at radius 3 is 2.06 bits per heavy atom. The van der Waals surface area contributed by atoms with E-state index in [1.54, 1.807) is 11.3 Å². The standard InChI is InChI=1S/C15H19NS/c1-10(2)12-5-7-13(8-6-12)14-9-17-15(16-14)11(3)4/h5-11H,1-4H3. The first-order chi connectivity index (χ1) is 8.08. The molecule has 2 aromatic rings. The van der Waals surface area contributed by atoms with E-state index >= 15 is 0 Å². The number of hydrogen-bond donors (Lipinski definition) is 0. The molecule has 0 unspecified atom stereocenters. The van der Waals surface area contributed by atoms with Crippen molar-refractivity contribution in [2.75, 3.05) is 0 Å². The molecule has 0 aliphatic rings. The van der Waals surface area contributed by atoms with Crippen molar-refractivity contribution in [1.29, 1.82) is 0 Å². The molecule has 1 nitrogen and oxygen atoms in total. The lowest BCUT2D eigenvalue weighted by molar-refractivity contribution is 0.853. The number of rotatable bonds is 3. The second kappa shape index (κ2) is 5.01. The summed E-state index contributed by atoms with van der Waals surface area (Å²) < 4.78 is 0. The molecule has 0 N–H and O–H groups in total. The van der Waals surface area contributed by atoms with Gasteiger partial charge in [0.25, 0.3) is 0 Å². The highest BCUT2D eigenvalue weighted by atomic mass is 32.1. The Balaban J connectivity index is 2.27. The molecule has 1 heterocycles. The largest absolute Gasteiger partial charge is 0.241 e. The molecule has 0 atom stereocenters. The number of hydrogen-bond acceptors (Lipinski definition) is 2. The lowest BCUT2D eigenvalue weighted by atomic mass is 10.0. The Hall–Kier alpha value is -1.15. The fourth-order valence-corrected chi connectivity index (χ4v) is 2.57. The zero-order chi connectivity index (χ0) is 12.4. The number of benzene rings is 1. The molecular weight excluding hydrogens is 226 g/mol. The van der Waals surface area contributed by atoms with Crippen molar-refractivity contribution in [2.45, 2.75) is 39.5 Å². The van der Waals surface area contributed by atoms with E-state index < -0.39 is 0 Å². The molecule has 17 heavy (non-hydrogen) atoms. The minimum atomic E-state index is 0.517. The third kappa shape index (κ3) is 2.75. The van der Waals surface area contributed by atoms with Crippen molar-refractivity contribution in [3.8, 4) is 11.3 Å². The van der Waals surface area contributed by atoms with Gasteiger partial charge in [-0.25, -0.2) is 4.98 Å². The molecule has 0 radical (unpaired) electrons. The van der Waals surface area contributed by atoms with Crippen LogP contribution in [0.4, 0.5) is 0 Å². The summed E-state index contributed by atoms with van der Waals surface area (Å²) in [5.74, 6) is 1.11. The molecule has 0 aliphatic carbocycles. The van der Waals surface area contributed by atoms with Crippen LogP contribution >= 0.6 is 11.3 Å². The summed E-state index contributed by atoms with van der Waals surface area (Å²) in [6, 6.07) is 8.76. The second-order valence-electron chi connectivity index (χ2n) is 5.00. The zero-order valence-electron chi connectivity index (χ0n) is 10.9. The smallest absolute Gasteiger partial charge is 0.0958 e. The third-order valence-corrected chi connectivity index (χ3v) is 4.03. The summed E-state index contributed by atoms with van der Waals surface area (Å²) in [5.41, 5.74) is 3.71. The maximum absolute atomic E-state index is 4.67. The quantitative estimate of drug-likeness (QED) is 0.736. The number of aromatic nitrogens is 1. The van der Waals surface area contributed by atoms with Crippen molar-refractivity contribution in [3.63, 3.8) is 0 Å². The van der Waals surface area contributed by atoms with Gasteiger partial charge in [0.2, 0.25) is 0 Å². The Kier molecular flexibility index (Phi) is 3.63. The fraction of sp³-hybridized carbons (Fsp3) is 0.400. The summed E-state index contributed by atoms with van der Waals surface area (Å²) in [6.45, 7) is 8.80. The summed E-state index contributed by atoms with van der Waals surface area (Å²) >= 11 is 1.75. The van der Waals surface area contributed by atoms with Crippen LogP contribution in [0.25, 0.3) is 11.3 Å². The lowest BCUT2D eigenvalue weighted by Crippen LogP contribution is -1.88. The van der Waals surface area contributed by atoms with Crippen LogP contribution in [0.5, 0.6) is 0 Å². The second-order valence-corrected chi connectivity index (χ2v) is 5.89. The molecule has 0 aliphatic heterocycles. The fourth-order valence-electron chi connectivity index (χ4n) is 1.72. The predicted molar refractivity (Wildman–Crippen MR) is 75.7 cm³/mol.